The maximum Gasteiger partial charge on any atom is 0.202 e. The summed E-state index contributed by atoms with van der Waals surface area (Å²) in [5.41, 5.74) is 0. The molecule has 1 aliphatic heterocycles. The van der Waals surface area contributed by atoms with Crippen LogP contribution >= 0.6 is 0 Å². The van der Waals surface area contributed by atoms with Crippen LogP contribution in [0.5, 0.6) is 0 Å². The van der Waals surface area contributed by atoms with E-state index in [9.17, 15) is 0 Å². The highest BCUT2D eigenvalue weighted by Crippen LogP contribution is 2.15. The van der Waals surface area contributed by atoms with Crippen molar-refractivity contribution in [1.82, 2.24) is 14.5 Å². The van der Waals surface area contributed by atoms with Crippen molar-refractivity contribution in [3.8, 4) is 0 Å². The Morgan fingerprint density at radius 2 is 2.35 bits per heavy atom. The minimum absolute atomic E-state index is 0.636. The number of hydrogen-bond donors (Lipinski definition) is 1. The zero-order valence-electron chi connectivity index (χ0n) is 12.8. The maximum atomic E-state index is 5.38. The molecule has 1 fully saturated rings. The summed E-state index contributed by atoms with van der Waals surface area (Å²) in [5, 5.41) is 3.50. The molecular formula is C15H28N4O. The Bertz CT molecular complexity index is 380. The van der Waals surface area contributed by atoms with Gasteiger partial charge in [0.15, 0.2) is 0 Å². The molecule has 114 valence electrons. The van der Waals surface area contributed by atoms with Crippen LogP contribution in [0.4, 0.5) is 5.95 Å². The number of anilines is 1. The zero-order valence-corrected chi connectivity index (χ0v) is 12.8. The molecule has 1 unspecified atom stereocenters. The van der Waals surface area contributed by atoms with Gasteiger partial charge in [0.1, 0.15) is 0 Å². The number of ether oxygens (including phenoxy) is 1. The van der Waals surface area contributed by atoms with Gasteiger partial charge in [0.2, 0.25) is 5.95 Å². The van der Waals surface area contributed by atoms with Crippen LogP contribution in [0, 0.1) is 0 Å². The van der Waals surface area contributed by atoms with Crippen LogP contribution in [0.2, 0.25) is 0 Å². The summed E-state index contributed by atoms with van der Waals surface area (Å²) in [4.78, 5) is 6.87. The van der Waals surface area contributed by atoms with Crippen molar-refractivity contribution in [2.75, 3.05) is 38.7 Å². The lowest BCUT2D eigenvalue weighted by Gasteiger charge is -2.32. The summed E-state index contributed by atoms with van der Waals surface area (Å²) in [6.07, 6.45) is 8.90. The third kappa shape index (κ3) is 4.49. The van der Waals surface area contributed by atoms with E-state index in [1.807, 2.05) is 19.3 Å². The minimum Gasteiger partial charge on any atom is -0.382 e. The Hall–Kier alpha value is -1.07. The lowest BCUT2D eigenvalue weighted by Crippen LogP contribution is -2.41. The molecule has 2 heterocycles. The van der Waals surface area contributed by atoms with Crippen molar-refractivity contribution >= 4 is 5.95 Å². The van der Waals surface area contributed by atoms with Crippen molar-refractivity contribution in [1.29, 1.82) is 0 Å². The monoisotopic (exact) mass is 280 g/mol. The van der Waals surface area contributed by atoms with E-state index in [0.717, 1.165) is 38.7 Å². The Labute approximate surface area is 122 Å². The average Bonchev–Trinajstić information content (AvgIpc) is 2.90. The highest BCUT2D eigenvalue weighted by Gasteiger charge is 2.18. The summed E-state index contributed by atoms with van der Waals surface area (Å²) in [6.45, 7) is 6.81. The number of piperidine rings is 1. The molecule has 0 bridgehead atoms. The summed E-state index contributed by atoms with van der Waals surface area (Å²) < 4.78 is 7.56. The lowest BCUT2D eigenvalue weighted by molar-refractivity contribution is 0.141. The molecule has 1 aromatic rings. The number of aryl methyl sites for hydroxylation is 1. The van der Waals surface area contributed by atoms with Gasteiger partial charge >= 0.3 is 0 Å². The predicted molar refractivity (Wildman–Crippen MR) is 82.1 cm³/mol. The molecule has 0 aliphatic carbocycles. The van der Waals surface area contributed by atoms with Gasteiger partial charge in [-0.15, -0.1) is 0 Å². The van der Waals surface area contributed by atoms with Crippen LogP contribution in [-0.4, -0.2) is 53.8 Å². The van der Waals surface area contributed by atoms with Gasteiger partial charge in [-0.05, 0) is 39.8 Å². The molecule has 0 amide bonds. The van der Waals surface area contributed by atoms with Crippen molar-refractivity contribution in [3.05, 3.63) is 12.4 Å². The molecule has 0 spiro atoms. The van der Waals surface area contributed by atoms with Crippen LogP contribution in [0.25, 0.3) is 0 Å². The molecule has 0 saturated carbocycles. The molecule has 5 nitrogen and oxygen atoms in total. The van der Waals surface area contributed by atoms with E-state index in [1.54, 1.807) is 0 Å². The number of imidazole rings is 1. The largest absolute Gasteiger partial charge is 0.382 e. The first-order valence-corrected chi connectivity index (χ1v) is 7.84. The molecule has 2 rings (SSSR count). The molecular weight excluding hydrogens is 252 g/mol. The second kappa shape index (κ2) is 8.27. The van der Waals surface area contributed by atoms with Crippen LogP contribution in [0.1, 0.15) is 32.6 Å². The molecule has 0 radical (unpaired) electrons. The molecule has 1 atom stereocenters. The molecule has 20 heavy (non-hydrogen) atoms. The van der Waals surface area contributed by atoms with E-state index in [2.05, 4.69) is 26.8 Å². The topological polar surface area (TPSA) is 42.3 Å². The Morgan fingerprint density at radius 3 is 3.15 bits per heavy atom. The molecule has 5 heteroatoms. The second-order valence-electron chi connectivity index (χ2n) is 5.51. The van der Waals surface area contributed by atoms with Gasteiger partial charge in [0, 0.05) is 44.7 Å². The maximum absolute atomic E-state index is 5.38. The summed E-state index contributed by atoms with van der Waals surface area (Å²) >= 11 is 0. The van der Waals surface area contributed by atoms with Gasteiger partial charge in [-0.1, -0.05) is 6.42 Å². The number of nitrogens with zero attached hydrogens (tertiary/aromatic N) is 3. The van der Waals surface area contributed by atoms with Crippen molar-refractivity contribution < 1.29 is 4.74 Å². The third-order valence-corrected chi connectivity index (χ3v) is 4.02. The lowest BCUT2D eigenvalue weighted by atomic mass is 10.0. The van der Waals surface area contributed by atoms with E-state index in [0.29, 0.717) is 6.04 Å². The van der Waals surface area contributed by atoms with Gasteiger partial charge in [-0.3, -0.25) is 0 Å². The molecule has 1 saturated heterocycles. The highest BCUT2D eigenvalue weighted by molar-refractivity contribution is 5.26. The number of likely N-dealkylation sites (N-methyl/N-ethyl adjacent to an activating group) is 1. The quantitative estimate of drug-likeness (QED) is 0.741. The smallest absolute Gasteiger partial charge is 0.202 e. The summed E-state index contributed by atoms with van der Waals surface area (Å²) in [5.74, 6) is 0.987. The van der Waals surface area contributed by atoms with E-state index in [4.69, 9.17) is 4.74 Å². The van der Waals surface area contributed by atoms with Crippen LogP contribution < -0.4 is 5.32 Å². The van der Waals surface area contributed by atoms with Gasteiger partial charge < -0.3 is 19.5 Å². The Balaban J connectivity index is 1.76. The van der Waals surface area contributed by atoms with Crippen molar-refractivity contribution in [2.45, 2.75) is 45.2 Å². The fourth-order valence-electron chi connectivity index (χ4n) is 2.75. The fourth-order valence-corrected chi connectivity index (χ4v) is 2.75. The first-order valence-electron chi connectivity index (χ1n) is 7.84. The van der Waals surface area contributed by atoms with Crippen molar-refractivity contribution in [3.63, 3.8) is 0 Å². The zero-order chi connectivity index (χ0) is 14.2. The molecule has 1 N–H and O–H groups in total. The van der Waals surface area contributed by atoms with E-state index in [1.165, 1.54) is 25.8 Å². The van der Waals surface area contributed by atoms with E-state index < -0.39 is 0 Å². The number of rotatable bonds is 8. The molecule has 0 aromatic carbocycles. The van der Waals surface area contributed by atoms with Gasteiger partial charge in [0.25, 0.3) is 0 Å². The van der Waals surface area contributed by atoms with Gasteiger partial charge in [-0.2, -0.15) is 0 Å². The fraction of sp³-hybridized carbons (Fsp3) is 0.800. The molecule has 1 aromatic heterocycles. The summed E-state index contributed by atoms with van der Waals surface area (Å²) in [7, 11) is 2.22. The average molecular weight is 280 g/mol. The van der Waals surface area contributed by atoms with Gasteiger partial charge in [0.05, 0.1) is 0 Å². The first kappa shape index (κ1) is 15.3. The first-order chi connectivity index (χ1) is 9.81. The van der Waals surface area contributed by atoms with Crippen molar-refractivity contribution in [2.24, 2.45) is 0 Å². The number of likely N-dealkylation sites (tertiary alicyclic amines) is 1. The van der Waals surface area contributed by atoms with Crippen LogP contribution in [0.15, 0.2) is 12.4 Å². The number of nitrogens with one attached hydrogen (secondary N) is 1. The Kier molecular flexibility index (Phi) is 6.33. The highest BCUT2D eigenvalue weighted by atomic mass is 16.5. The van der Waals surface area contributed by atoms with Crippen LogP contribution in [-0.2, 0) is 11.3 Å². The normalized spacial score (nSPS) is 20.2. The van der Waals surface area contributed by atoms with Gasteiger partial charge in [-0.25, -0.2) is 4.98 Å². The number of aromatic nitrogens is 2. The SMILES string of the molecule is CCOCCCn1ccnc1NCC1CCCCN1C. The third-order valence-electron chi connectivity index (χ3n) is 4.02. The van der Waals surface area contributed by atoms with E-state index in [-0.39, 0.29) is 0 Å². The minimum atomic E-state index is 0.636. The Morgan fingerprint density at radius 1 is 1.45 bits per heavy atom. The molecule has 1 aliphatic rings. The number of hydrogen-bond acceptors (Lipinski definition) is 4. The summed E-state index contributed by atoms with van der Waals surface area (Å²) in [6, 6.07) is 0.636. The van der Waals surface area contributed by atoms with Crippen LogP contribution in [0.3, 0.4) is 0 Å². The predicted octanol–water partition coefficient (Wildman–Crippen LogP) is 2.21. The second-order valence-corrected chi connectivity index (χ2v) is 5.51. The standard InChI is InChI=1S/C15H28N4O/c1-3-20-12-6-10-19-11-8-16-15(19)17-13-14-7-4-5-9-18(14)2/h8,11,14H,3-7,9-10,12-13H2,1-2H3,(H,16,17). The van der Waals surface area contributed by atoms with E-state index >= 15 is 0 Å².